The highest BCUT2D eigenvalue weighted by molar-refractivity contribution is 5.96. The van der Waals surface area contributed by atoms with E-state index < -0.39 is 5.63 Å². The Bertz CT molecular complexity index is 737. The minimum absolute atomic E-state index is 0.0306. The molecule has 2 heterocycles. The highest BCUT2D eigenvalue weighted by Crippen LogP contribution is 2.15. The maximum Gasteiger partial charge on any atom is 0.344 e. The molecule has 0 atom stereocenters. The Morgan fingerprint density at radius 3 is 2.55 bits per heavy atom. The van der Waals surface area contributed by atoms with Crippen LogP contribution in [0.3, 0.4) is 0 Å². The van der Waals surface area contributed by atoms with Crippen molar-refractivity contribution >= 4 is 22.5 Å². The van der Waals surface area contributed by atoms with Gasteiger partial charge >= 0.3 is 5.63 Å². The first-order valence-electron chi connectivity index (χ1n) is 6.49. The molecule has 5 heteroatoms. The van der Waals surface area contributed by atoms with E-state index in [4.69, 9.17) is 4.42 Å². The summed E-state index contributed by atoms with van der Waals surface area (Å²) in [5.74, 6) is -0.141. The zero-order valence-corrected chi connectivity index (χ0v) is 10.8. The third-order valence-corrected chi connectivity index (χ3v) is 3.49. The molecule has 0 N–H and O–H groups in total. The molecule has 0 saturated carbocycles. The molecule has 3 rings (SSSR count). The smallest absolute Gasteiger partial charge is 0.344 e. The number of likely N-dealkylation sites (tertiary alicyclic amines) is 1. The summed E-state index contributed by atoms with van der Waals surface area (Å²) in [6.45, 7) is 0.766. The van der Waals surface area contributed by atoms with Crippen molar-refractivity contribution < 1.29 is 14.0 Å². The lowest BCUT2D eigenvalue weighted by molar-refractivity contribution is -0.120. The van der Waals surface area contributed by atoms with Crippen LogP contribution in [0.5, 0.6) is 0 Å². The van der Waals surface area contributed by atoms with E-state index in [1.807, 2.05) is 0 Å². The summed E-state index contributed by atoms with van der Waals surface area (Å²) >= 11 is 0. The highest BCUT2D eigenvalue weighted by atomic mass is 16.4. The lowest BCUT2D eigenvalue weighted by Crippen LogP contribution is -2.38. The van der Waals surface area contributed by atoms with E-state index in [1.165, 1.54) is 0 Å². The van der Waals surface area contributed by atoms with E-state index in [2.05, 4.69) is 0 Å². The number of piperidine rings is 1. The predicted octanol–water partition coefficient (Wildman–Crippen LogP) is 1.60. The number of rotatable bonds is 1. The monoisotopic (exact) mass is 271 g/mol. The second-order valence-corrected chi connectivity index (χ2v) is 4.82. The van der Waals surface area contributed by atoms with E-state index in [0.717, 1.165) is 0 Å². The van der Waals surface area contributed by atoms with Gasteiger partial charge < -0.3 is 9.32 Å². The van der Waals surface area contributed by atoms with E-state index in [0.29, 0.717) is 36.7 Å². The number of benzene rings is 1. The first kappa shape index (κ1) is 12.6. The number of hydrogen-bond donors (Lipinski definition) is 0. The van der Waals surface area contributed by atoms with Crippen molar-refractivity contribution in [2.75, 3.05) is 13.1 Å². The number of amides is 1. The fourth-order valence-corrected chi connectivity index (χ4v) is 2.35. The second kappa shape index (κ2) is 4.92. The minimum atomic E-state index is -0.514. The number of hydrogen-bond acceptors (Lipinski definition) is 4. The molecule has 1 aromatic carbocycles. The van der Waals surface area contributed by atoms with Crippen LogP contribution in [0.25, 0.3) is 10.8 Å². The fraction of sp³-hybridized carbons (Fsp3) is 0.267. The number of carbonyl (C=O) groups is 2. The van der Waals surface area contributed by atoms with Crippen LogP contribution in [0.1, 0.15) is 23.4 Å². The summed E-state index contributed by atoms with van der Waals surface area (Å²) in [6.07, 6.45) is 0.729. The third kappa shape index (κ3) is 2.22. The summed E-state index contributed by atoms with van der Waals surface area (Å²) in [5, 5.41) is 1.14. The SMILES string of the molecule is O=C1CCN(C(=O)c2cc3ccccc3c(=O)o2)CC1. The van der Waals surface area contributed by atoms with E-state index in [9.17, 15) is 14.4 Å². The highest BCUT2D eigenvalue weighted by Gasteiger charge is 2.24. The number of fused-ring (bicyclic) bond motifs is 1. The topological polar surface area (TPSA) is 67.6 Å². The van der Waals surface area contributed by atoms with Crippen molar-refractivity contribution in [2.45, 2.75) is 12.8 Å². The minimum Gasteiger partial charge on any atom is -0.417 e. The molecule has 2 aromatic rings. The van der Waals surface area contributed by atoms with Gasteiger partial charge in [0, 0.05) is 25.9 Å². The molecule has 0 unspecified atom stereocenters. The Kier molecular flexibility index (Phi) is 3.10. The van der Waals surface area contributed by atoms with Crippen LogP contribution in [0.4, 0.5) is 0 Å². The normalized spacial score (nSPS) is 15.6. The standard InChI is InChI=1S/C15H13NO4/c17-11-5-7-16(8-6-11)14(18)13-9-10-3-1-2-4-12(10)15(19)20-13/h1-4,9H,5-8H2. The largest absolute Gasteiger partial charge is 0.417 e. The maximum atomic E-state index is 12.3. The lowest BCUT2D eigenvalue weighted by Gasteiger charge is -2.25. The van der Waals surface area contributed by atoms with Gasteiger partial charge in [-0.1, -0.05) is 18.2 Å². The van der Waals surface area contributed by atoms with E-state index in [1.54, 1.807) is 35.2 Å². The molecule has 1 aromatic heterocycles. The zero-order valence-electron chi connectivity index (χ0n) is 10.8. The fourth-order valence-electron chi connectivity index (χ4n) is 2.35. The molecule has 1 saturated heterocycles. The van der Waals surface area contributed by atoms with Gasteiger partial charge in [0.15, 0.2) is 5.76 Å². The Morgan fingerprint density at radius 2 is 1.80 bits per heavy atom. The van der Waals surface area contributed by atoms with Gasteiger partial charge in [0.1, 0.15) is 5.78 Å². The van der Waals surface area contributed by atoms with Crippen molar-refractivity contribution in [1.29, 1.82) is 0 Å². The molecule has 1 amide bonds. The Balaban J connectivity index is 1.96. The van der Waals surface area contributed by atoms with Gasteiger partial charge in [-0.3, -0.25) is 9.59 Å². The van der Waals surface area contributed by atoms with Gasteiger partial charge in [-0.2, -0.15) is 0 Å². The van der Waals surface area contributed by atoms with Crippen LogP contribution < -0.4 is 5.63 Å². The number of carbonyl (C=O) groups excluding carboxylic acids is 2. The molecule has 5 nitrogen and oxygen atoms in total. The van der Waals surface area contributed by atoms with Crippen LogP contribution in [0.2, 0.25) is 0 Å². The van der Waals surface area contributed by atoms with Crippen LogP contribution >= 0.6 is 0 Å². The Morgan fingerprint density at radius 1 is 1.10 bits per heavy atom. The van der Waals surface area contributed by atoms with Crippen LogP contribution in [0.15, 0.2) is 39.5 Å². The quantitative estimate of drug-likeness (QED) is 0.790. The number of Topliss-reactive ketones (excluding diaryl/α,β-unsaturated/α-hetero) is 1. The molecule has 1 aliphatic rings. The molecule has 0 radical (unpaired) electrons. The number of ketones is 1. The summed E-state index contributed by atoms with van der Waals surface area (Å²) in [4.78, 5) is 36.9. The molecule has 0 spiro atoms. The first-order chi connectivity index (χ1) is 9.65. The van der Waals surface area contributed by atoms with Crippen molar-refractivity contribution in [2.24, 2.45) is 0 Å². The lowest BCUT2D eigenvalue weighted by atomic mass is 10.1. The molecule has 0 bridgehead atoms. The molecular formula is C15H13NO4. The van der Waals surface area contributed by atoms with Gasteiger partial charge in [-0.05, 0) is 17.5 Å². The van der Waals surface area contributed by atoms with E-state index >= 15 is 0 Å². The van der Waals surface area contributed by atoms with Crippen LogP contribution in [-0.4, -0.2) is 29.7 Å². The average Bonchev–Trinajstić information content (AvgIpc) is 2.47. The predicted molar refractivity (Wildman–Crippen MR) is 72.6 cm³/mol. The molecule has 0 aliphatic carbocycles. The average molecular weight is 271 g/mol. The molecule has 20 heavy (non-hydrogen) atoms. The zero-order chi connectivity index (χ0) is 14.1. The summed E-state index contributed by atoms with van der Waals surface area (Å²) in [7, 11) is 0. The van der Waals surface area contributed by atoms with Gasteiger partial charge in [-0.15, -0.1) is 0 Å². The first-order valence-corrected chi connectivity index (χ1v) is 6.49. The molecule has 102 valence electrons. The van der Waals surface area contributed by atoms with Crippen LogP contribution in [-0.2, 0) is 4.79 Å². The summed E-state index contributed by atoms with van der Waals surface area (Å²) in [5.41, 5.74) is -0.514. The van der Waals surface area contributed by atoms with Gasteiger partial charge in [0.25, 0.3) is 5.91 Å². The van der Waals surface area contributed by atoms with Crippen molar-refractivity contribution in [3.05, 3.63) is 46.5 Å². The maximum absolute atomic E-state index is 12.3. The number of nitrogens with zero attached hydrogens (tertiary/aromatic N) is 1. The molecule has 1 fully saturated rings. The van der Waals surface area contributed by atoms with Crippen molar-refractivity contribution in [3.8, 4) is 0 Å². The second-order valence-electron chi connectivity index (χ2n) is 4.82. The Labute approximate surface area is 114 Å². The summed E-state index contributed by atoms with van der Waals surface area (Å²) < 4.78 is 5.10. The molecular weight excluding hydrogens is 258 g/mol. The van der Waals surface area contributed by atoms with E-state index in [-0.39, 0.29) is 17.5 Å². The van der Waals surface area contributed by atoms with Crippen molar-refractivity contribution in [3.63, 3.8) is 0 Å². The van der Waals surface area contributed by atoms with Gasteiger partial charge in [-0.25, -0.2) is 4.79 Å². The van der Waals surface area contributed by atoms with Gasteiger partial charge in [0.05, 0.1) is 5.39 Å². The molecule has 1 aliphatic heterocycles. The van der Waals surface area contributed by atoms with Gasteiger partial charge in [0.2, 0.25) is 0 Å². The third-order valence-electron chi connectivity index (χ3n) is 3.49. The summed E-state index contributed by atoms with van der Waals surface area (Å²) in [6, 6.07) is 8.56. The Hall–Kier alpha value is -2.43. The van der Waals surface area contributed by atoms with Crippen molar-refractivity contribution in [1.82, 2.24) is 4.90 Å². The van der Waals surface area contributed by atoms with Crippen LogP contribution in [0, 0.1) is 0 Å².